The Labute approximate surface area is 186 Å². The maximum atomic E-state index is 12.6. The molecule has 0 spiro atoms. The standard InChI is InChI=1S/C20H32N4O3S3/c21-12-6-15-22-13-4-5-14-23-16-7-17-24-29(25)19-10-11-20(28-19)30(26,27)18-8-2-1-3-9-18/h1-3,8-11,22-24H,4-7,12-17,21H2. The molecule has 0 aliphatic carbocycles. The second-order valence-electron chi connectivity index (χ2n) is 6.76. The number of thiophene rings is 1. The lowest BCUT2D eigenvalue weighted by molar-refractivity contribution is 0.567. The number of nitrogens with one attached hydrogen (secondary N) is 3. The first-order valence-corrected chi connectivity index (χ1v) is 13.7. The van der Waals surface area contributed by atoms with E-state index in [0.29, 0.717) is 10.8 Å². The molecule has 2 aromatic rings. The molecule has 10 heteroatoms. The van der Waals surface area contributed by atoms with E-state index in [4.69, 9.17) is 5.73 Å². The SMILES string of the molecule is NCCCNCCCCNCCCNS(=O)c1ccc(S(=O)(=O)c2ccccc2)s1. The van der Waals surface area contributed by atoms with Crippen molar-refractivity contribution in [1.29, 1.82) is 0 Å². The first-order chi connectivity index (χ1) is 14.6. The van der Waals surface area contributed by atoms with Gasteiger partial charge in [-0.25, -0.2) is 17.3 Å². The topological polar surface area (TPSA) is 113 Å². The summed E-state index contributed by atoms with van der Waals surface area (Å²) in [5, 5.41) is 6.74. The number of hydrogen-bond acceptors (Lipinski definition) is 7. The predicted molar refractivity (Wildman–Crippen MR) is 124 cm³/mol. The van der Waals surface area contributed by atoms with Crippen molar-refractivity contribution >= 4 is 32.2 Å². The van der Waals surface area contributed by atoms with E-state index < -0.39 is 20.8 Å². The van der Waals surface area contributed by atoms with Gasteiger partial charge in [0.1, 0.15) is 19.4 Å². The summed E-state index contributed by atoms with van der Waals surface area (Å²) in [6.07, 6.45) is 4.11. The molecule has 0 saturated heterocycles. The number of nitrogens with two attached hydrogens (primary N) is 1. The van der Waals surface area contributed by atoms with Crippen LogP contribution in [0.3, 0.4) is 0 Å². The highest BCUT2D eigenvalue weighted by molar-refractivity contribution is 7.94. The van der Waals surface area contributed by atoms with Crippen LogP contribution in [0.2, 0.25) is 0 Å². The van der Waals surface area contributed by atoms with E-state index >= 15 is 0 Å². The lowest BCUT2D eigenvalue weighted by Crippen LogP contribution is -2.24. The number of benzene rings is 1. The molecule has 0 amide bonds. The van der Waals surface area contributed by atoms with Gasteiger partial charge in [-0.2, -0.15) is 0 Å². The highest BCUT2D eigenvalue weighted by Gasteiger charge is 2.20. The average molecular weight is 473 g/mol. The summed E-state index contributed by atoms with van der Waals surface area (Å²) in [6.45, 7) is 5.14. The van der Waals surface area contributed by atoms with Gasteiger partial charge in [0, 0.05) is 6.54 Å². The van der Waals surface area contributed by atoms with E-state index in [0.717, 1.165) is 69.7 Å². The lowest BCUT2D eigenvalue weighted by atomic mass is 10.3. The largest absolute Gasteiger partial charge is 0.330 e. The van der Waals surface area contributed by atoms with Gasteiger partial charge in [-0.3, -0.25) is 0 Å². The molecule has 0 aliphatic heterocycles. The first-order valence-electron chi connectivity index (χ1n) is 10.2. The fourth-order valence-corrected chi connectivity index (χ4v) is 6.72. The Kier molecular flexibility index (Phi) is 11.7. The molecule has 0 aliphatic rings. The van der Waals surface area contributed by atoms with Crippen LogP contribution in [0, 0.1) is 0 Å². The Morgan fingerprint density at radius 3 is 2.13 bits per heavy atom. The maximum absolute atomic E-state index is 12.6. The van der Waals surface area contributed by atoms with Crippen LogP contribution in [0.15, 0.2) is 55.8 Å². The lowest BCUT2D eigenvalue weighted by Gasteiger charge is -2.06. The zero-order chi connectivity index (χ0) is 21.7. The summed E-state index contributed by atoms with van der Waals surface area (Å²) < 4.78 is 41.3. The summed E-state index contributed by atoms with van der Waals surface area (Å²) in [5.41, 5.74) is 5.44. The minimum atomic E-state index is -3.56. The van der Waals surface area contributed by atoms with Gasteiger partial charge in [-0.1, -0.05) is 18.2 Å². The number of sulfone groups is 1. The Hall–Kier alpha value is -1.14. The monoisotopic (exact) mass is 472 g/mol. The fraction of sp³-hybridized carbons (Fsp3) is 0.500. The van der Waals surface area contributed by atoms with Gasteiger partial charge in [0.15, 0.2) is 0 Å². The third kappa shape index (κ3) is 8.54. The van der Waals surface area contributed by atoms with Crippen LogP contribution in [0.25, 0.3) is 0 Å². The molecule has 168 valence electrons. The molecule has 1 aromatic heterocycles. The van der Waals surface area contributed by atoms with E-state index in [9.17, 15) is 12.6 Å². The molecule has 5 N–H and O–H groups in total. The van der Waals surface area contributed by atoms with Gasteiger partial charge in [0.05, 0.1) is 4.90 Å². The van der Waals surface area contributed by atoms with E-state index in [1.54, 1.807) is 36.4 Å². The molecule has 0 fully saturated rings. The minimum absolute atomic E-state index is 0.207. The van der Waals surface area contributed by atoms with Crippen molar-refractivity contribution in [3.05, 3.63) is 42.5 Å². The number of hydrogen-bond donors (Lipinski definition) is 4. The normalized spacial score (nSPS) is 12.8. The summed E-state index contributed by atoms with van der Waals surface area (Å²) in [5.74, 6) is 0. The van der Waals surface area contributed by atoms with Gasteiger partial charge < -0.3 is 16.4 Å². The number of rotatable bonds is 16. The molecule has 7 nitrogen and oxygen atoms in total. The van der Waals surface area contributed by atoms with Crippen LogP contribution in [0.5, 0.6) is 0 Å². The Bertz CT molecular complexity index is 857. The zero-order valence-corrected chi connectivity index (χ0v) is 19.6. The van der Waals surface area contributed by atoms with Gasteiger partial charge in [-0.05, 0) is 82.7 Å². The smallest absolute Gasteiger partial charge is 0.215 e. The van der Waals surface area contributed by atoms with Crippen LogP contribution < -0.4 is 21.1 Å². The summed E-state index contributed by atoms with van der Waals surface area (Å²) in [6, 6.07) is 11.4. The van der Waals surface area contributed by atoms with Crippen LogP contribution in [0.4, 0.5) is 0 Å². The second kappa shape index (κ2) is 14.0. The van der Waals surface area contributed by atoms with Crippen molar-refractivity contribution in [3.8, 4) is 0 Å². The van der Waals surface area contributed by atoms with Crippen molar-refractivity contribution in [2.75, 3.05) is 39.3 Å². The molecule has 0 bridgehead atoms. The van der Waals surface area contributed by atoms with E-state index in [-0.39, 0.29) is 9.10 Å². The third-order valence-electron chi connectivity index (χ3n) is 4.34. The predicted octanol–water partition coefficient (Wildman–Crippen LogP) is 1.89. The molecular formula is C20H32N4O3S3. The Balaban J connectivity index is 1.61. The molecule has 1 heterocycles. The maximum Gasteiger partial charge on any atom is 0.215 e. The zero-order valence-electron chi connectivity index (χ0n) is 17.1. The van der Waals surface area contributed by atoms with Crippen LogP contribution in [-0.4, -0.2) is 51.9 Å². The van der Waals surface area contributed by atoms with Crippen molar-refractivity contribution in [2.24, 2.45) is 5.73 Å². The van der Waals surface area contributed by atoms with Crippen LogP contribution in [0.1, 0.15) is 25.7 Å². The molecule has 0 saturated carbocycles. The van der Waals surface area contributed by atoms with E-state index in [1.165, 1.54) is 6.07 Å². The second-order valence-corrected chi connectivity index (χ2v) is 11.5. The van der Waals surface area contributed by atoms with Crippen molar-refractivity contribution in [1.82, 2.24) is 15.4 Å². The van der Waals surface area contributed by atoms with E-state index in [1.807, 2.05) is 0 Å². The summed E-state index contributed by atoms with van der Waals surface area (Å²) in [4.78, 5) is 0.245. The summed E-state index contributed by atoms with van der Waals surface area (Å²) >= 11 is 1.05. The number of unbranched alkanes of at least 4 members (excludes halogenated alkanes) is 1. The molecule has 1 atom stereocenters. The average Bonchev–Trinajstić information content (AvgIpc) is 3.26. The minimum Gasteiger partial charge on any atom is -0.330 e. The highest BCUT2D eigenvalue weighted by Crippen LogP contribution is 2.28. The van der Waals surface area contributed by atoms with Gasteiger partial charge in [0.25, 0.3) is 0 Å². The van der Waals surface area contributed by atoms with Gasteiger partial charge in [0.2, 0.25) is 9.84 Å². The van der Waals surface area contributed by atoms with Crippen molar-refractivity contribution < 1.29 is 12.6 Å². The van der Waals surface area contributed by atoms with Crippen LogP contribution in [-0.2, 0) is 20.8 Å². The van der Waals surface area contributed by atoms with Crippen molar-refractivity contribution in [2.45, 2.75) is 39.0 Å². The molecular weight excluding hydrogens is 440 g/mol. The molecule has 0 radical (unpaired) electrons. The quantitative estimate of drug-likeness (QED) is 0.278. The molecule has 2 rings (SSSR count). The first kappa shape index (κ1) is 25.1. The Morgan fingerprint density at radius 1 is 0.833 bits per heavy atom. The van der Waals surface area contributed by atoms with Gasteiger partial charge >= 0.3 is 0 Å². The fourth-order valence-electron chi connectivity index (χ4n) is 2.69. The molecule has 1 unspecified atom stereocenters. The van der Waals surface area contributed by atoms with Gasteiger partial charge in [-0.15, -0.1) is 11.3 Å². The van der Waals surface area contributed by atoms with E-state index in [2.05, 4.69) is 15.4 Å². The highest BCUT2D eigenvalue weighted by atomic mass is 32.3. The molecule has 1 aromatic carbocycles. The molecule has 30 heavy (non-hydrogen) atoms. The third-order valence-corrected chi connectivity index (χ3v) is 9.15. The van der Waals surface area contributed by atoms with Crippen LogP contribution >= 0.6 is 11.3 Å². The Morgan fingerprint density at radius 2 is 1.47 bits per heavy atom. The summed E-state index contributed by atoms with van der Waals surface area (Å²) in [7, 11) is -4.97. The van der Waals surface area contributed by atoms with Crippen molar-refractivity contribution in [3.63, 3.8) is 0 Å².